The van der Waals surface area contributed by atoms with Crippen molar-refractivity contribution in [3.05, 3.63) is 126 Å². The van der Waals surface area contributed by atoms with Gasteiger partial charge < -0.3 is 14.8 Å². The van der Waals surface area contributed by atoms with Crippen molar-refractivity contribution in [3.8, 4) is 5.69 Å². The molecule has 1 aliphatic rings. The highest BCUT2D eigenvalue weighted by Gasteiger charge is 2.41. The Balaban J connectivity index is 1.50. The summed E-state index contributed by atoms with van der Waals surface area (Å²) in [6, 6.07) is 27.4. The summed E-state index contributed by atoms with van der Waals surface area (Å²) in [7, 11) is 0. The van der Waals surface area contributed by atoms with Crippen molar-refractivity contribution < 1.29 is 0 Å². The Morgan fingerprint density at radius 2 is 1.75 bits per heavy atom. The van der Waals surface area contributed by atoms with Gasteiger partial charge in [-0.05, 0) is 72.9 Å². The molecule has 1 N–H and O–H groups in total. The number of hydrogen-bond donors (Lipinski definition) is 1. The topological polar surface area (TPSA) is 46.0 Å². The van der Waals surface area contributed by atoms with Crippen molar-refractivity contribution in [1.29, 1.82) is 0 Å². The maximum absolute atomic E-state index is 5.89. The number of hydrogen-bond acceptors (Lipinski definition) is 3. The van der Waals surface area contributed by atoms with Gasteiger partial charge in [-0.2, -0.15) is 0 Å². The molecule has 1 saturated heterocycles. The number of aromatic nitrogens is 3. The highest BCUT2D eigenvalue weighted by molar-refractivity contribution is 7.80. The van der Waals surface area contributed by atoms with E-state index in [2.05, 4.69) is 94.3 Å². The molecule has 2 unspecified atom stereocenters. The van der Waals surface area contributed by atoms with Crippen LogP contribution in [0.4, 0.5) is 0 Å². The first kappa shape index (κ1) is 22.4. The van der Waals surface area contributed by atoms with Crippen LogP contribution in [0.3, 0.4) is 0 Å². The van der Waals surface area contributed by atoms with Crippen molar-refractivity contribution in [1.82, 2.24) is 24.8 Å². The van der Waals surface area contributed by atoms with E-state index in [9.17, 15) is 0 Å². The minimum Gasteiger partial charge on any atom is -0.352 e. The highest BCUT2D eigenvalue weighted by atomic mass is 32.1. The van der Waals surface area contributed by atoms with Crippen molar-refractivity contribution >= 4 is 28.1 Å². The van der Waals surface area contributed by atoms with E-state index in [1.807, 2.05) is 30.6 Å². The second kappa shape index (κ2) is 9.21. The number of nitrogens with zero attached hydrogens (tertiary/aromatic N) is 4. The third-order valence-corrected chi connectivity index (χ3v) is 7.42. The predicted octanol–water partition coefficient (Wildman–Crippen LogP) is 6.21. The van der Waals surface area contributed by atoms with Gasteiger partial charge in [0.2, 0.25) is 0 Å². The number of pyridine rings is 2. The van der Waals surface area contributed by atoms with Crippen LogP contribution in [0.15, 0.2) is 97.5 Å². The predicted molar refractivity (Wildman–Crippen MR) is 148 cm³/mol. The van der Waals surface area contributed by atoms with E-state index in [0.717, 1.165) is 16.4 Å². The minimum atomic E-state index is -0.0585. The molecule has 0 radical (unpaired) electrons. The average Bonchev–Trinajstić information content (AvgIpc) is 3.39. The maximum Gasteiger partial charge on any atom is 0.170 e. The fourth-order valence-electron chi connectivity index (χ4n) is 5.46. The Morgan fingerprint density at radius 1 is 0.917 bits per heavy atom. The van der Waals surface area contributed by atoms with Gasteiger partial charge in [-0.3, -0.25) is 9.97 Å². The van der Waals surface area contributed by atoms with E-state index in [4.69, 9.17) is 17.2 Å². The largest absolute Gasteiger partial charge is 0.352 e. The van der Waals surface area contributed by atoms with Crippen molar-refractivity contribution in [2.24, 2.45) is 0 Å². The molecule has 36 heavy (non-hydrogen) atoms. The molecular formula is C30H27N5S. The first-order valence-corrected chi connectivity index (χ1v) is 12.6. The zero-order chi connectivity index (χ0) is 24.6. The van der Waals surface area contributed by atoms with Crippen LogP contribution in [0.25, 0.3) is 16.5 Å². The standard InChI is InChI=1S/C30H27N5S/c1-20-17-25(21(2)35(20)27-14-7-11-23-10-3-4-12-24(23)27)29-28(26-13-5-6-16-32-26)33-30(36)34(29)19-22-9-8-15-31-18-22/h3-18,28-29H,19H2,1-2H3,(H,33,36). The molecule has 3 aromatic heterocycles. The molecule has 4 heterocycles. The highest BCUT2D eigenvalue weighted by Crippen LogP contribution is 2.42. The van der Waals surface area contributed by atoms with Gasteiger partial charge in [0.15, 0.2) is 5.11 Å². The molecule has 1 aliphatic heterocycles. The van der Waals surface area contributed by atoms with Gasteiger partial charge in [0.05, 0.1) is 23.5 Å². The Morgan fingerprint density at radius 3 is 2.56 bits per heavy atom. The maximum atomic E-state index is 5.89. The lowest BCUT2D eigenvalue weighted by atomic mass is 9.96. The molecule has 0 saturated carbocycles. The van der Waals surface area contributed by atoms with Crippen LogP contribution in [0.2, 0.25) is 0 Å². The van der Waals surface area contributed by atoms with Crippen LogP contribution >= 0.6 is 12.2 Å². The zero-order valence-electron chi connectivity index (χ0n) is 20.3. The molecule has 6 rings (SSSR count). The van der Waals surface area contributed by atoms with E-state index < -0.39 is 0 Å². The number of fused-ring (bicyclic) bond motifs is 1. The Kier molecular flexibility index (Phi) is 5.74. The van der Waals surface area contributed by atoms with Gasteiger partial charge in [0.25, 0.3) is 0 Å². The van der Waals surface area contributed by atoms with Gasteiger partial charge in [0.1, 0.15) is 0 Å². The molecular weight excluding hydrogens is 462 g/mol. The lowest BCUT2D eigenvalue weighted by molar-refractivity contribution is 0.310. The number of aryl methyl sites for hydroxylation is 1. The van der Waals surface area contributed by atoms with E-state index in [1.54, 1.807) is 6.20 Å². The summed E-state index contributed by atoms with van der Waals surface area (Å²) in [5.41, 5.74) is 6.93. The summed E-state index contributed by atoms with van der Waals surface area (Å²) < 4.78 is 2.37. The third-order valence-electron chi connectivity index (χ3n) is 7.07. The van der Waals surface area contributed by atoms with Crippen molar-refractivity contribution in [2.75, 3.05) is 0 Å². The van der Waals surface area contributed by atoms with Crippen LogP contribution in [-0.2, 0) is 6.54 Å². The molecule has 6 heteroatoms. The fraction of sp³-hybridized carbons (Fsp3) is 0.167. The van der Waals surface area contributed by atoms with Crippen LogP contribution in [0.5, 0.6) is 0 Å². The second-order valence-electron chi connectivity index (χ2n) is 9.28. The Labute approximate surface area is 216 Å². The summed E-state index contributed by atoms with van der Waals surface area (Å²) in [5.74, 6) is 0. The van der Waals surface area contributed by atoms with Gasteiger partial charge in [0, 0.05) is 41.9 Å². The fourth-order valence-corrected chi connectivity index (χ4v) is 5.77. The van der Waals surface area contributed by atoms with Gasteiger partial charge in [-0.25, -0.2) is 0 Å². The smallest absolute Gasteiger partial charge is 0.170 e. The second-order valence-corrected chi connectivity index (χ2v) is 9.66. The zero-order valence-corrected chi connectivity index (χ0v) is 21.1. The van der Waals surface area contributed by atoms with Crippen LogP contribution in [0.1, 0.15) is 40.3 Å². The normalized spacial score (nSPS) is 17.5. The Bertz CT molecular complexity index is 1540. The van der Waals surface area contributed by atoms with Gasteiger partial charge >= 0.3 is 0 Å². The van der Waals surface area contributed by atoms with E-state index in [-0.39, 0.29) is 12.1 Å². The van der Waals surface area contributed by atoms with Crippen molar-refractivity contribution in [3.63, 3.8) is 0 Å². The molecule has 2 aromatic carbocycles. The summed E-state index contributed by atoms with van der Waals surface area (Å²) in [6.07, 6.45) is 5.56. The summed E-state index contributed by atoms with van der Waals surface area (Å²) in [4.78, 5) is 11.3. The first-order chi connectivity index (χ1) is 17.6. The number of thiocarbonyl (C=S) groups is 1. The molecule has 2 atom stereocenters. The van der Waals surface area contributed by atoms with Crippen molar-refractivity contribution in [2.45, 2.75) is 32.5 Å². The van der Waals surface area contributed by atoms with E-state index >= 15 is 0 Å². The van der Waals surface area contributed by atoms with Crippen LogP contribution in [-0.4, -0.2) is 24.5 Å². The third kappa shape index (κ3) is 3.84. The van der Waals surface area contributed by atoms with E-state index in [0.29, 0.717) is 6.54 Å². The number of nitrogens with one attached hydrogen (secondary N) is 1. The van der Waals surface area contributed by atoms with Gasteiger partial charge in [-0.1, -0.05) is 48.5 Å². The van der Waals surface area contributed by atoms with E-state index in [1.165, 1.54) is 33.4 Å². The average molecular weight is 490 g/mol. The Hall–Kier alpha value is -4.03. The SMILES string of the molecule is Cc1cc(C2C(c3ccccn3)NC(=S)N2Cc2cccnc2)c(C)n1-c1cccc2ccccc12. The summed E-state index contributed by atoms with van der Waals surface area (Å²) in [5, 5.41) is 6.78. The number of rotatable bonds is 5. The number of benzene rings is 2. The lowest BCUT2D eigenvalue weighted by Crippen LogP contribution is -2.29. The van der Waals surface area contributed by atoms with Crippen LogP contribution < -0.4 is 5.32 Å². The molecule has 0 aliphatic carbocycles. The molecule has 5 nitrogen and oxygen atoms in total. The molecule has 178 valence electrons. The lowest BCUT2D eigenvalue weighted by Gasteiger charge is -2.28. The summed E-state index contributed by atoms with van der Waals surface area (Å²) >= 11 is 5.89. The molecule has 5 aromatic rings. The monoisotopic (exact) mass is 489 g/mol. The minimum absolute atomic E-state index is 0.0115. The summed E-state index contributed by atoms with van der Waals surface area (Å²) in [6.45, 7) is 5.06. The first-order valence-electron chi connectivity index (χ1n) is 12.2. The quantitative estimate of drug-likeness (QED) is 0.297. The molecule has 0 bridgehead atoms. The van der Waals surface area contributed by atoms with Crippen LogP contribution in [0, 0.1) is 13.8 Å². The molecule has 0 amide bonds. The molecule has 0 spiro atoms. The molecule has 1 fully saturated rings. The van der Waals surface area contributed by atoms with Gasteiger partial charge in [-0.15, -0.1) is 0 Å².